The lowest BCUT2D eigenvalue weighted by Crippen LogP contribution is -2.62. The van der Waals surface area contributed by atoms with Gasteiger partial charge in [-0.15, -0.1) is 0 Å². The molecule has 1 saturated heterocycles. The first-order valence-electron chi connectivity index (χ1n) is 14.1. The van der Waals surface area contributed by atoms with Crippen LogP contribution in [0, 0.1) is 11.8 Å². The van der Waals surface area contributed by atoms with Gasteiger partial charge in [-0.3, -0.25) is 9.59 Å². The van der Waals surface area contributed by atoms with Gasteiger partial charge >= 0.3 is 5.97 Å². The minimum atomic E-state index is -0.328. The van der Waals surface area contributed by atoms with Gasteiger partial charge < -0.3 is 19.6 Å². The first-order chi connectivity index (χ1) is 18.7. The van der Waals surface area contributed by atoms with Gasteiger partial charge in [0.1, 0.15) is 11.9 Å². The van der Waals surface area contributed by atoms with Gasteiger partial charge in [-0.05, 0) is 73.0 Å². The molecule has 6 nitrogen and oxygen atoms in total. The van der Waals surface area contributed by atoms with E-state index in [0.29, 0.717) is 18.5 Å². The third-order valence-corrected chi connectivity index (χ3v) is 8.71. The van der Waals surface area contributed by atoms with Gasteiger partial charge in [-0.1, -0.05) is 56.3 Å². The molecule has 4 atom stereocenters. The molecule has 4 unspecified atom stereocenters. The Morgan fingerprint density at radius 1 is 1.08 bits per heavy atom. The average molecular weight is 529 g/mol. The number of amides is 1. The minimum Gasteiger partial charge on any atom is -0.508 e. The van der Waals surface area contributed by atoms with E-state index >= 15 is 0 Å². The van der Waals surface area contributed by atoms with Gasteiger partial charge in [0.25, 0.3) is 5.91 Å². The second kappa shape index (κ2) is 11.0. The van der Waals surface area contributed by atoms with Crippen molar-refractivity contribution >= 4 is 22.6 Å². The van der Waals surface area contributed by atoms with E-state index in [2.05, 4.69) is 37.9 Å². The highest BCUT2D eigenvalue weighted by Gasteiger charge is 2.54. The summed E-state index contributed by atoms with van der Waals surface area (Å²) in [7, 11) is 2.11. The molecule has 0 bridgehead atoms. The number of carbonyl (C=O) groups excluding carboxylic acids is 2. The van der Waals surface area contributed by atoms with E-state index in [1.807, 2.05) is 53.4 Å². The molecule has 206 valence electrons. The maximum Gasteiger partial charge on any atom is 0.302 e. The predicted molar refractivity (Wildman–Crippen MR) is 154 cm³/mol. The molecule has 0 radical (unpaired) electrons. The molecule has 1 aliphatic carbocycles. The number of phenolic OH excluding ortho intramolecular Hbond substituents is 1. The van der Waals surface area contributed by atoms with E-state index in [-0.39, 0.29) is 47.0 Å². The van der Waals surface area contributed by atoms with E-state index in [9.17, 15) is 14.7 Å². The molecule has 5 rings (SSSR count). The highest BCUT2D eigenvalue weighted by Crippen LogP contribution is 2.51. The molecule has 1 heterocycles. The number of benzene rings is 3. The number of hydrogen-bond donors (Lipinski definition) is 1. The quantitative estimate of drug-likeness (QED) is 0.420. The van der Waals surface area contributed by atoms with Crippen LogP contribution in [0.5, 0.6) is 5.75 Å². The van der Waals surface area contributed by atoms with Crippen molar-refractivity contribution in [3.8, 4) is 5.75 Å². The summed E-state index contributed by atoms with van der Waals surface area (Å²) in [6, 6.07) is 21.4. The number of ether oxygens (including phenoxy) is 1. The van der Waals surface area contributed by atoms with Crippen LogP contribution in [0.15, 0.2) is 66.7 Å². The molecular formula is C33H40N2O4. The van der Waals surface area contributed by atoms with E-state index in [1.165, 1.54) is 6.92 Å². The monoisotopic (exact) mass is 528 g/mol. The van der Waals surface area contributed by atoms with Crippen LogP contribution in [0.3, 0.4) is 0 Å². The zero-order valence-electron chi connectivity index (χ0n) is 23.5. The third-order valence-electron chi connectivity index (χ3n) is 8.71. The van der Waals surface area contributed by atoms with Gasteiger partial charge in [0.2, 0.25) is 0 Å². The summed E-state index contributed by atoms with van der Waals surface area (Å²) >= 11 is 0. The summed E-state index contributed by atoms with van der Waals surface area (Å²) in [6.45, 7) is 8.05. The molecule has 1 aliphatic heterocycles. The molecule has 1 amide bonds. The number of fused-ring (bicyclic) bond motifs is 2. The van der Waals surface area contributed by atoms with Gasteiger partial charge in [-0.2, -0.15) is 0 Å². The van der Waals surface area contributed by atoms with Crippen molar-refractivity contribution in [2.45, 2.75) is 57.6 Å². The fraction of sp³-hybridized carbons (Fsp3) is 0.455. The lowest BCUT2D eigenvalue weighted by Gasteiger charge is -2.56. The van der Waals surface area contributed by atoms with Crippen LogP contribution >= 0.6 is 0 Å². The van der Waals surface area contributed by atoms with Crippen molar-refractivity contribution in [3.63, 3.8) is 0 Å². The van der Waals surface area contributed by atoms with Crippen LogP contribution in [-0.2, 0) is 14.9 Å². The average Bonchev–Trinajstić information content (AvgIpc) is 2.91. The van der Waals surface area contributed by atoms with Crippen LogP contribution in [-0.4, -0.2) is 65.6 Å². The summed E-state index contributed by atoms with van der Waals surface area (Å²) in [6.07, 6.45) is 1.90. The molecule has 3 aromatic rings. The Morgan fingerprint density at radius 3 is 2.56 bits per heavy atom. The van der Waals surface area contributed by atoms with Crippen LogP contribution in [0.2, 0.25) is 0 Å². The second-order valence-corrected chi connectivity index (χ2v) is 12.0. The Bertz CT molecular complexity index is 1350. The highest BCUT2D eigenvalue weighted by atomic mass is 16.5. The van der Waals surface area contributed by atoms with E-state index < -0.39 is 0 Å². The normalized spacial score (nSPS) is 25.3. The van der Waals surface area contributed by atoms with E-state index in [4.69, 9.17) is 4.74 Å². The number of carbonyl (C=O) groups is 2. The largest absolute Gasteiger partial charge is 0.508 e. The third kappa shape index (κ3) is 5.53. The van der Waals surface area contributed by atoms with Crippen molar-refractivity contribution in [1.82, 2.24) is 9.80 Å². The Hall–Kier alpha value is -3.38. The Labute approximate surface area is 231 Å². The summed E-state index contributed by atoms with van der Waals surface area (Å²) in [5, 5.41) is 12.6. The van der Waals surface area contributed by atoms with Crippen molar-refractivity contribution in [1.29, 1.82) is 0 Å². The van der Waals surface area contributed by atoms with Crippen LogP contribution in [0.1, 0.15) is 56.0 Å². The zero-order chi connectivity index (χ0) is 27.7. The number of hydrogen-bond acceptors (Lipinski definition) is 5. The number of likely N-dealkylation sites (tertiary alicyclic amines) is 1. The number of rotatable bonds is 6. The van der Waals surface area contributed by atoms with Crippen molar-refractivity contribution in [2.75, 3.05) is 26.7 Å². The zero-order valence-corrected chi connectivity index (χ0v) is 23.5. The molecule has 39 heavy (non-hydrogen) atoms. The molecule has 3 aromatic carbocycles. The first kappa shape index (κ1) is 27.2. The number of esters is 1. The summed E-state index contributed by atoms with van der Waals surface area (Å²) in [5.74, 6) is 0.286. The standard InChI is InChI=1S/C33H40N2O4/c1-22(2)20-35(32(38)26-13-12-24-8-5-6-9-25(24)16-26)28-18-31(39-23(3)36)30-21-34(4)15-14-33(30,19-28)27-10-7-11-29(37)17-27/h5-13,16-17,22,28,30-31,37H,14-15,18-21H2,1-4H3. The van der Waals surface area contributed by atoms with E-state index in [0.717, 1.165) is 42.3 Å². The van der Waals surface area contributed by atoms with Gasteiger partial charge in [0, 0.05) is 49.4 Å². The number of piperidine rings is 1. The van der Waals surface area contributed by atoms with Gasteiger partial charge in [0.05, 0.1) is 0 Å². The maximum atomic E-state index is 14.2. The topological polar surface area (TPSA) is 70.1 Å². The molecule has 1 N–H and O–H groups in total. The maximum absolute atomic E-state index is 14.2. The summed E-state index contributed by atoms with van der Waals surface area (Å²) < 4.78 is 6.05. The fourth-order valence-corrected chi connectivity index (χ4v) is 6.99. The van der Waals surface area contributed by atoms with Crippen LogP contribution < -0.4 is 0 Å². The lowest BCUT2D eigenvalue weighted by molar-refractivity contribution is -0.158. The molecule has 2 aliphatic rings. The Kier molecular flexibility index (Phi) is 7.68. The number of aromatic hydroxyl groups is 1. The number of nitrogens with zero attached hydrogens (tertiary/aromatic N) is 2. The minimum absolute atomic E-state index is 0.0125. The van der Waals surface area contributed by atoms with Crippen LogP contribution in [0.4, 0.5) is 0 Å². The van der Waals surface area contributed by atoms with Gasteiger partial charge in [0.15, 0.2) is 0 Å². The molecule has 0 spiro atoms. The van der Waals surface area contributed by atoms with Gasteiger partial charge in [-0.25, -0.2) is 0 Å². The Balaban J connectivity index is 1.58. The fourth-order valence-electron chi connectivity index (χ4n) is 6.99. The highest BCUT2D eigenvalue weighted by molar-refractivity contribution is 5.98. The Morgan fingerprint density at radius 2 is 1.85 bits per heavy atom. The summed E-state index contributed by atoms with van der Waals surface area (Å²) in [4.78, 5) is 30.9. The summed E-state index contributed by atoms with van der Waals surface area (Å²) in [5.41, 5.74) is 1.41. The molecule has 2 fully saturated rings. The molecule has 0 aromatic heterocycles. The molecular weight excluding hydrogens is 488 g/mol. The van der Waals surface area contributed by atoms with Crippen LogP contribution in [0.25, 0.3) is 10.8 Å². The van der Waals surface area contributed by atoms with Crippen molar-refractivity contribution in [2.24, 2.45) is 11.8 Å². The van der Waals surface area contributed by atoms with E-state index in [1.54, 1.807) is 6.07 Å². The second-order valence-electron chi connectivity index (χ2n) is 12.0. The predicted octanol–water partition coefficient (Wildman–Crippen LogP) is 5.63. The SMILES string of the molecule is CC(=O)OC1CC(N(CC(C)C)C(=O)c2ccc3ccccc3c2)CC2(c3cccc(O)c3)CCN(C)CC12. The molecule has 1 saturated carbocycles. The smallest absolute Gasteiger partial charge is 0.302 e. The van der Waals surface area contributed by atoms with Crippen molar-refractivity contribution in [3.05, 3.63) is 77.9 Å². The van der Waals surface area contributed by atoms with Crippen molar-refractivity contribution < 1.29 is 19.4 Å². The molecule has 6 heteroatoms. The lowest BCUT2D eigenvalue weighted by atomic mass is 9.56. The number of phenols is 1. The first-order valence-corrected chi connectivity index (χ1v) is 14.1.